The third-order valence-corrected chi connectivity index (χ3v) is 3.27. The van der Waals surface area contributed by atoms with Gasteiger partial charge in [0.15, 0.2) is 0 Å². The summed E-state index contributed by atoms with van der Waals surface area (Å²) < 4.78 is 1.04. The Balaban J connectivity index is 2.59. The van der Waals surface area contributed by atoms with E-state index in [0.29, 0.717) is 13.0 Å². The molecule has 16 heavy (non-hydrogen) atoms. The fourth-order valence-electron chi connectivity index (χ4n) is 1.33. The van der Waals surface area contributed by atoms with Crippen LogP contribution in [-0.4, -0.2) is 12.5 Å². The molecule has 0 aliphatic rings. The smallest absolute Gasteiger partial charge is 0.224 e. The third kappa shape index (κ3) is 3.94. The van der Waals surface area contributed by atoms with E-state index in [1.54, 1.807) is 0 Å². The number of nitrogens with one attached hydrogen (secondary N) is 1. The van der Waals surface area contributed by atoms with Crippen molar-refractivity contribution in [3.8, 4) is 0 Å². The molecule has 1 rings (SSSR count). The summed E-state index contributed by atoms with van der Waals surface area (Å²) in [6.07, 6.45) is 0.464. The van der Waals surface area contributed by atoms with Crippen molar-refractivity contribution >= 4 is 27.5 Å². The first-order valence-electron chi connectivity index (χ1n) is 5.29. The van der Waals surface area contributed by atoms with E-state index in [-0.39, 0.29) is 11.8 Å². The summed E-state index contributed by atoms with van der Waals surface area (Å²) in [4.78, 5) is 11.6. The van der Waals surface area contributed by atoms with E-state index in [1.807, 2.05) is 32.0 Å². The van der Waals surface area contributed by atoms with Crippen molar-refractivity contribution in [1.29, 1.82) is 0 Å². The molecule has 3 N–H and O–H groups in total. The molecular weight excluding hydrogens is 268 g/mol. The highest BCUT2D eigenvalue weighted by molar-refractivity contribution is 9.10. The Kier molecular flexibility index (Phi) is 4.96. The SMILES string of the molecule is Cc1cc(NC(=O)CC(C)CN)ccc1Br. The number of carbonyl (C=O) groups excluding carboxylic acids is 1. The molecule has 0 spiro atoms. The van der Waals surface area contributed by atoms with Crippen LogP contribution in [0.4, 0.5) is 5.69 Å². The highest BCUT2D eigenvalue weighted by Crippen LogP contribution is 2.20. The van der Waals surface area contributed by atoms with E-state index in [9.17, 15) is 4.79 Å². The van der Waals surface area contributed by atoms with Gasteiger partial charge >= 0.3 is 0 Å². The molecule has 88 valence electrons. The van der Waals surface area contributed by atoms with Crippen LogP contribution in [0.2, 0.25) is 0 Å². The van der Waals surface area contributed by atoms with Crippen molar-refractivity contribution in [1.82, 2.24) is 0 Å². The number of anilines is 1. The highest BCUT2D eigenvalue weighted by atomic mass is 79.9. The maximum atomic E-state index is 11.6. The van der Waals surface area contributed by atoms with Crippen LogP contribution < -0.4 is 11.1 Å². The van der Waals surface area contributed by atoms with Crippen LogP contribution in [-0.2, 0) is 4.79 Å². The van der Waals surface area contributed by atoms with E-state index in [4.69, 9.17) is 5.73 Å². The summed E-state index contributed by atoms with van der Waals surface area (Å²) in [6, 6.07) is 5.74. The van der Waals surface area contributed by atoms with E-state index in [2.05, 4.69) is 21.2 Å². The Morgan fingerprint density at radius 3 is 2.81 bits per heavy atom. The molecular formula is C12H17BrN2O. The van der Waals surface area contributed by atoms with Gasteiger partial charge in [-0.25, -0.2) is 0 Å². The Morgan fingerprint density at radius 2 is 2.25 bits per heavy atom. The van der Waals surface area contributed by atoms with Crippen LogP contribution in [0, 0.1) is 12.8 Å². The molecule has 0 heterocycles. The Hall–Kier alpha value is -0.870. The molecule has 1 aromatic carbocycles. The van der Waals surface area contributed by atoms with E-state index in [1.165, 1.54) is 0 Å². The standard InChI is InChI=1S/C12H17BrN2O/c1-8(7-14)5-12(16)15-10-3-4-11(13)9(2)6-10/h3-4,6,8H,5,7,14H2,1-2H3,(H,15,16). The van der Waals surface area contributed by atoms with Gasteiger partial charge in [0.2, 0.25) is 5.91 Å². The van der Waals surface area contributed by atoms with Gasteiger partial charge in [0.05, 0.1) is 0 Å². The molecule has 3 nitrogen and oxygen atoms in total. The predicted octanol–water partition coefficient (Wildman–Crippen LogP) is 2.68. The normalized spacial score (nSPS) is 12.2. The summed E-state index contributed by atoms with van der Waals surface area (Å²) in [6.45, 7) is 4.49. The highest BCUT2D eigenvalue weighted by Gasteiger charge is 2.08. The lowest BCUT2D eigenvalue weighted by atomic mass is 10.1. The Bertz CT molecular complexity index is 379. The second kappa shape index (κ2) is 6.01. The summed E-state index contributed by atoms with van der Waals surface area (Å²) >= 11 is 3.42. The first kappa shape index (κ1) is 13.2. The van der Waals surface area contributed by atoms with Crippen molar-refractivity contribution < 1.29 is 4.79 Å². The number of nitrogens with two attached hydrogens (primary N) is 1. The van der Waals surface area contributed by atoms with Gasteiger partial charge in [0, 0.05) is 16.6 Å². The van der Waals surface area contributed by atoms with E-state index < -0.39 is 0 Å². The first-order valence-corrected chi connectivity index (χ1v) is 6.08. The molecule has 0 aliphatic carbocycles. The lowest BCUT2D eigenvalue weighted by molar-refractivity contribution is -0.116. The largest absolute Gasteiger partial charge is 0.330 e. The second-order valence-electron chi connectivity index (χ2n) is 4.06. The number of hydrogen-bond acceptors (Lipinski definition) is 2. The topological polar surface area (TPSA) is 55.1 Å². The third-order valence-electron chi connectivity index (χ3n) is 2.38. The van der Waals surface area contributed by atoms with Crippen LogP contribution in [0.3, 0.4) is 0 Å². The summed E-state index contributed by atoms with van der Waals surface area (Å²) in [5, 5.41) is 2.86. The van der Waals surface area contributed by atoms with Gasteiger partial charge < -0.3 is 11.1 Å². The summed E-state index contributed by atoms with van der Waals surface area (Å²) in [7, 11) is 0. The number of hydrogen-bond donors (Lipinski definition) is 2. The summed E-state index contributed by atoms with van der Waals surface area (Å²) in [5.74, 6) is 0.233. The van der Waals surface area contributed by atoms with Gasteiger partial charge in [-0.2, -0.15) is 0 Å². The van der Waals surface area contributed by atoms with Crippen LogP contribution >= 0.6 is 15.9 Å². The van der Waals surface area contributed by atoms with Crippen LogP contribution in [0.15, 0.2) is 22.7 Å². The molecule has 0 bridgehead atoms. The monoisotopic (exact) mass is 284 g/mol. The van der Waals surface area contributed by atoms with Gasteiger partial charge in [-0.05, 0) is 43.1 Å². The molecule has 4 heteroatoms. The van der Waals surface area contributed by atoms with Crippen molar-refractivity contribution in [2.75, 3.05) is 11.9 Å². The molecule has 0 fully saturated rings. The zero-order chi connectivity index (χ0) is 12.1. The van der Waals surface area contributed by atoms with Crippen molar-refractivity contribution in [3.63, 3.8) is 0 Å². The van der Waals surface area contributed by atoms with E-state index in [0.717, 1.165) is 15.7 Å². The van der Waals surface area contributed by atoms with Crippen LogP contribution in [0.25, 0.3) is 0 Å². The van der Waals surface area contributed by atoms with Crippen molar-refractivity contribution in [3.05, 3.63) is 28.2 Å². The quantitative estimate of drug-likeness (QED) is 0.893. The first-order chi connectivity index (χ1) is 7.52. The number of aryl methyl sites for hydroxylation is 1. The van der Waals surface area contributed by atoms with E-state index >= 15 is 0 Å². The maximum Gasteiger partial charge on any atom is 0.224 e. The number of rotatable bonds is 4. The average molecular weight is 285 g/mol. The fraction of sp³-hybridized carbons (Fsp3) is 0.417. The lowest BCUT2D eigenvalue weighted by Crippen LogP contribution is -2.20. The molecule has 0 aromatic heterocycles. The number of carbonyl (C=O) groups is 1. The molecule has 0 aliphatic heterocycles. The molecule has 0 saturated heterocycles. The van der Waals surface area contributed by atoms with Gasteiger partial charge in [0.1, 0.15) is 0 Å². The maximum absolute atomic E-state index is 11.6. The van der Waals surface area contributed by atoms with Crippen LogP contribution in [0.1, 0.15) is 18.9 Å². The minimum absolute atomic E-state index is 0.0136. The Labute approximate surface area is 105 Å². The van der Waals surface area contributed by atoms with Gasteiger partial charge in [-0.1, -0.05) is 22.9 Å². The second-order valence-corrected chi connectivity index (χ2v) is 4.91. The predicted molar refractivity (Wildman–Crippen MR) is 70.3 cm³/mol. The van der Waals surface area contributed by atoms with Gasteiger partial charge in [-0.3, -0.25) is 4.79 Å². The molecule has 0 saturated carbocycles. The number of benzene rings is 1. The fourth-order valence-corrected chi connectivity index (χ4v) is 1.58. The van der Waals surface area contributed by atoms with Crippen LogP contribution in [0.5, 0.6) is 0 Å². The molecule has 1 amide bonds. The zero-order valence-corrected chi connectivity index (χ0v) is 11.2. The zero-order valence-electron chi connectivity index (χ0n) is 9.59. The lowest BCUT2D eigenvalue weighted by Gasteiger charge is -2.10. The number of halogens is 1. The molecule has 1 atom stereocenters. The minimum atomic E-state index is 0.0136. The van der Waals surface area contributed by atoms with Crippen molar-refractivity contribution in [2.24, 2.45) is 11.7 Å². The van der Waals surface area contributed by atoms with Gasteiger partial charge in [-0.15, -0.1) is 0 Å². The van der Waals surface area contributed by atoms with Crippen molar-refractivity contribution in [2.45, 2.75) is 20.3 Å². The minimum Gasteiger partial charge on any atom is -0.330 e. The Morgan fingerprint density at radius 1 is 1.56 bits per heavy atom. The number of amides is 1. The average Bonchev–Trinajstić information content (AvgIpc) is 2.23. The summed E-state index contributed by atoms with van der Waals surface area (Å²) in [5.41, 5.74) is 7.40. The molecule has 1 unspecified atom stereocenters. The van der Waals surface area contributed by atoms with Gasteiger partial charge in [0.25, 0.3) is 0 Å². The molecule has 1 aromatic rings. The molecule has 0 radical (unpaired) electrons.